The van der Waals surface area contributed by atoms with E-state index in [-0.39, 0.29) is 0 Å². The summed E-state index contributed by atoms with van der Waals surface area (Å²) in [7, 11) is 8.30. The minimum atomic E-state index is 1.01. The van der Waals surface area contributed by atoms with E-state index in [1.54, 1.807) is 11.3 Å². The summed E-state index contributed by atoms with van der Waals surface area (Å²) in [5.74, 6) is 4.10. The number of anilines is 2. The van der Waals surface area contributed by atoms with Gasteiger partial charge in [0, 0.05) is 82.7 Å². The zero-order valence-corrected chi connectivity index (χ0v) is 27.7. The van der Waals surface area contributed by atoms with Gasteiger partial charge in [-0.2, -0.15) is 0 Å². The van der Waals surface area contributed by atoms with Crippen LogP contribution in [0.1, 0.15) is 69.2 Å². The summed E-state index contributed by atoms with van der Waals surface area (Å²) in [6.07, 6.45) is 18.0. The highest BCUT2D eigenvalue weighted by molar-refractivity contribution is 7.13. The van der Waals surface area contributed by atoms with Gasteiger partial charge in [0.05, 0.1) is 0 Å². The zero-order chi connectivity index (χ0) is 30.9. The van der Waals surface area contributed by atoms with Crippen LogP contribution in [0.25, 0.3) is 47.0 Å². The van der Waals surface area contributed by atoms with Gasteiger partial charge >= 0.3 is 0 Å². The van der Waals surface area contributed by atoms with Gasteiger partial charge < -0.3 is 18.6 Å². The van der Waals surface area contributed by atoms with Gasteiger partial charge in [-0.25, -0.2) is 0 Å². The first kappa shape index (κ1) is 29.5. The van der Waals surface area contributed by atoms with E-state index in [1.165, 1.54) is 69.1 Å². The van der Waals surface area contributed by atoms with Crippen molar-refractivity contribution in [3.8, 4) is 22.6 Å². The molecule has 5 heteroatoms. The Hall–Kier alpha value is -4.22. The maximum atomic E-state index is 6.57. The van der Waals surface area contributed by atoms with E-state index in [0.717, 1.165) is 59.9 Å². The topological polar surface area (TPSA) is 32.8 Å². The maximum absolute atomic E-state index is 6.57. The highest BCUT2D eigenvalue weighted by Crippen LogP contribution is 2.39. The van der Waals surface area contributed by atoms with Crippen molar-refractivity contribution in [1.82, 2.24) is 0 Å². The fourth-order valence-corrected chi connectivity index (χ4v) is 7.56. The van der Waals surface area contributed by atoms with Gasteiger partial charge in [0.2, 0.25) is 0 Å². The molecule has 5 aromatic rings. The van der Waals surface area contributed by atoms with E-state index in [4.69, 9.17) is 8.83 Å². The van der Waals surface area contributed by atoms with Crippen LogP contribution in [0, 0.1) is 0 Å². The van der Waals surface area contributed by atoms with E-state index in [9.17, 15) is 0 Å². The van der Waals surface area contributed by atoms with Crippen molar-refractivity contribution in [1.29, 1.82) is 0 Å². The van der Waals surface area contributed by atoms with Crippen molar-refractivity contribution in [2.75, 3.05) is 38.0 Å². The lowest BCUT2D eigenvalue weighted by atomic mass is 9.90. The summed E-state index contributed by atoms with van der Waals surface area (Å²) in [5, 5.41) is 0. The molecular formula is C40H42N2O2S. The number of hydrogen-bond acceptors (Lipinski definition) is 5. The molecule has 230 valence electrons. The molecule has 0 radical (unpaired) electrons. The van der Waals surface area contributed by atoms with Gasteiger partial charge in [-0.15, -0.1) is 11.3 Å². The van der Waals surface area contributed by atoms with E-state index >= 15 is 0 Å². The molecule has 7 rings (SSSR count). The average molecular weight is 615 g/mol. The monoisotopic (exact) mass is 614 g/mol. The van der Waals surface area contributed by atoms with Gasteiger partial charge in [-0.1, -0.05) is 0 Å². The van der Waals surface area contributed by atoms with Crippen molar-refractivity contribution in [2.45, 2.75) is 51.4 Å². The quantitative estimate of drug-likeness (QED) is 0.174. The molecule has 3 aromatic heterocycles. The lowest BCUT2D eigenvalue weighted by molar-refractivity contribution is 0.567. The Labute approximate surface area is 271 Å². The fraction of sp³-hybridized carbons (Fsp3) is 0.300. The van der Waals surface area contributed by atoms with Gasteiger partial charge in [-0.3, -0.25) is 0 Å². The second-order valence-corrected chi connectivity index (χ2v) is 13.9. The van der Waals surface area contributed by atoms with Gasteiger partial charge in [0.1, 0.15) is 23.0 Å². The summed E-state index contributed by atoms with van der Waals surface area (Å²) in [5.41, 5.74) is 10.3. The SMILES string of the molecule is CN(C)c1ccc(-c2oc(/C=C/c3ccc(/C=C/c4oc(-c5ccc(N(C)C)cc5)c5c4CCCC5)s3)c3c2CCCC3)cc1. The first-order valence-corrected chi connectivity index (χ1v) is 17.1. The molecule has 0 spiro atoms. The lowest BCUT2D eigenvalue weighted by Gasteiger charge is -2.14. The Morgan fingerprint density at radius 2 is 0.867 bits per heavy atom. The van der Waals surface area contributed by atoms with E-state index in [2.05, 4.69) is 123 Å². The van der Waals surface area contributed by atoms with Gasteiger partial charge in [0.15, 0.2) is 0 Å². The smallest absolute Gasteiger partial charge is 0.138 e. The number of furan rings is 2. The standard InChI is InChI=1S/C40H42N2O2S/c1-41(2)29-17-13-27(14-18-29)39-35-11-7-5-9-33(35)37(43-39)25-23-31-21-22-32(45-31)24-26-38-34-10-6-8-12-36(34)40(44-38)28-15-19-30(20-16-28)42(3)4/h13-26H,5-12H2,1-4H3/b25-23+,26-24+. The third kappa shape index (κ3) is 6.06. The van der Waals surface area contributed by atoms with Crippen LogP contribution >= 0.6 is 11.3 Å². The largest absolute Gasteiger partial charge is 0.456 e. The average Bonchev–Trinajstić information content (AvgIpc) is 3.78. The van der Waals surface area contributed by atoms with Crippen LogP contribution in [0.3, 0.4) is 0 Å². The molecule has 0 aliphatic heterocycles. The highest BCUT2D eigenvalue weighted by atomic mass is 32.1. The maximum Gasteiger partial charge on any atom is 0.138 e. The zero-order valence-electron chi connectivity index (χ0n) is 26.9. The third-order valence-corrected chi connectivity index (χ3v) is 10.3. The predicted molar refractivity (Wildman–Crippen MR) is 192 cm³/mol. The van der Waals surface area contributed by atoms with Crippen LogP contribution in [0.15, 0.2) is 69.5 Å². The molecular weight excluding hydrogens is 573 g/mol. The molecule has 0 amide bonds. The molecule has 45 heavy (non-hydrogen) atoms. The number of nitrogens with zero attached hydrogens (tertiary/aromatic N) is 2. The minimum Gasteiger partial charge on any atom is -0.456 e. The first-order chi connectivity index (χ1) is 21.9. The summed E-state index contributed by atoms with van der Waals surface area (Å²) < 4.78 is 13.1. The normalized spacial score (nSPS) is 14.7. The number of hydrogen-bond donors (Lipinski definition) is 0. The van der Waals surface area contributed by atoms with E-state index < -0.39 is 0 Å². The minimum absolute atomic E-state index is 1.01. The van der Waals surface area contributed by atoms with Crippen LogP contribution in [-0.4, -0.2) is 28.2 Å². The van der Waals surface area contributed by atoms with Gasteiger partial charge in [0.25, 0.3) is 0 Å². The fourth-order valence-electron chi connectivity index (χ4n) is 6.74. The lowest BCUT2D eigenvalue weighted by Crippen LogP contribution is -2.08. The Morgan fingerprint density at radius 3 is 1.24 bits per heavy atom. The Bertz CT molecular complexity index is 1710. The Morgan fingerprint density at radius 1 is 0.489 bits per heavy atom. The second-order valence-electron chi connectivity index (χ2n) is 12.7. The third-order valence-electron chi connectivity index (χ3n) is 9.24. The Kier molecular flexibility index (Phi) is 8.29. The predicted octanol–water partition coefficient (Wildman–Crippen LogP) is 10.5. The number of fused-ring (bicyclic) bond motifs is 2. The van der Waals surface area contributed by atoms with Crippen LogP contribution < -0.4 is 9.80 Å². The molecule has 0 atom stereocenters. The number of benzene rings is 2. The van der Waals surface area contributed by atoms with E-state index in [0.29, 0.717) is 0 Å². The molecule has 2 aliphatic rings. The van der Waals surface area contributed by atoms with Gasteiger partial charge in [-0.05, 0) is 136 Å². The van der Waals surface area contributed by atoms with Crippen molar-refractivity contribution >= 4 is 47.0 Å². The second kappa shape index (κ2) is 12.6. The van der Waals surface area contributed by atoms with Crippen LogP contribution in [-0.2, 0) is 25.7 Å². The highest BCUT2D eigenvalue weighted by Gasteiger charge is 2.24. The van der Waals surface area contributed by atoms with Crippen LogP contribution in [0.2, 0.25) is 0 Å². The van der Waals surface area contributed by atoms with Crippen molar-refractivity contribution in [3.05, 3.63) is 104 Å². The summed E-state index contributed by atoms with van der Waals surface area (Å²) in [6.45, 7) is 0. The van der Waals surface area contributed by atoms with E-state index in [1.807, 2.05) is 0 Å². The van der Waals surface area contributed by atoms with Crippen LogP contribution in [0.5, 0.6) is 0 Å². The molecule has 0 saturated heterocycles. The molecule has 0 unspecified atom stereocenters. The van der Waals surface area contributed by atoms with Crippen molar-refractivity contribution in [3.63, 3.8) is 0 Å². The molecule has 4 nitrogen and oxygen atoms in total. The number of rotatable bonds is 8. The van der Waals surface area contributed by atoms with Crippen molar-refractivity contribution < 1.29 is 8.83 Å². The number of thiophene rings is 1. The summed E-state index contributed by atoms with van der Waals surface area (Å²) >= 11 is 1.79. The molecule has 0 fully saturated rings. The Balaban J connectivity index is 1.11. The molecule has 0 N–H and O–H groups in total. The molecule has 2 aliphatic carbocycles. The molecule has 0 saturated carbocycles. The summed E-state index contributed by atoms with van der Waals surface area (Å²) in [6, 6.07) is 21.8. The molecule has 0 bridgehead atoms. The van der Waals surface area contributed by atoms with Crippen LogP contribution in [0.4, 0.5) is 11.4 Å². The summed E-state index contributed by atoms with van der Waals surface area (Å²) in [4.78, 5) is 6.70. The first-order valence-electron chi connectivity index (χ1n) is 16.2. The van der Waals surface area contributed by atoms with Crippen molar-refractivity contribution in [2.24, 2.45) is 0 Å². The molecule has 2 aromatic carbocycles. The molecule has 3 heterocycles.